The van der Waals surface area contributed by atoms with E-state index >= 15 is 0 Å². The Balaban J connectivity index is 2.32. The maximum absolute atomic E-state index is 11.5. The van der Waals surface area contributed by atoms with Crippen molar-refractivity contribution in [2.45, 2.75) is 6.54 Å². The third kappa shape index (κ3) is 1.63. The number of amides is 1. The summed E-state index contributed by atoms with van der Waals surface area (Å²) in [5, 5.41) is 12.6. The van der Waals surface area contributed by atoms with Gasteiger partial charge in [-0.3, -0.25) is 9.36 Å². The molecule has 0 atom stereocenters. The van der Waals surface area contributed by atoms with Crippen molar-refractivity contribution in [2.24, 2.45) is 10.9 Å². The first kappa shape index (κ1) is 12.2. The highest BCUT2D eigenvalue weighted by atomic mass is 16.4. The van der Waals surface area contributed by atoms with Crippen molar-refractivity contribution in [1.82, 2.24) is 14.5 Å². The van der Waals surface area contributed by atoms with Crippen LogP contribution >= 0.6 is 0 Å². The van der Waals surface area contributed by atoms with Gasteiger partial charge in [-0.1, -0.05) is 17.3 Å². The van der Waals surface area contributed by atoms with Crippen molar-refractivity contribution >= 4 is 11.7 Å². The van der Waals surface area contributed by atoms with Crippen LogP contribution in [0.4, 0.5) is 0 Å². The van der Waals surface area contributed by atoms with Crippen LogP contribution < -0.4 is 5.73 Å². The summed E-state index contributed by atoms with van der Waals surface area (Å²) in [4.78, 5) is 17.3. The molecule has 3 rings (SSSR count). The Hall–Kier alpha value is -2.83. The highest BCUT2D eigenvalue weighted by Gasteiger charge is 2.26. The van der Waals surface area contributed by atoms with Crippen molar-refractivity contribution in [2.75, 3.05) is 7.05 Å². The second-order valence-electron chi connectivity index (χ2n) is 4.57. The number of fused-ring (bicyclic) bond motifs is 3. The highest BCUT2D eigenvalue weighted by molar-refractivity contribution is 6.02. The van der Waals surface area contributed by atoms with Gasteiger partial charge in [-0.15, -0.1) is 0 Å². The standard InChI is InChI=1S/C13H13N5O2/c1-17-6-10-11(12(14)19)15-7-18(10)9-5-3-2-4-8(9)13(17)16-20/h2-5,7,20H,6H2,1H3,(H2,14,19). The number of oxime groups is 1. The summed E-state index contributed by atoms with van der Waals surface area (Å²) in [7, 11) is 1.78. The lowest BCUT2D eigenvalue weighted by Crippen LogP contribution is -2.27. The SMILES string of the molecule is CN1Cc2c(C(N)=O)ncn2-c2ccccc2C1=NO. The number of hydrogen-bond acceptors (Lipinski definition) is 4. The summed E-state index contributed by atoms with van der Waals surface area (Å²) in [6.45, 7) is 0.367. The summed E-state index contributed by atoms with van der Waals surface area (Å²) in [5.41, 5.74) is 7.80. The average molecular weight is 271 g/mol. The Morgan fingerprint density at radius 3 is 2.90 bits per heavy atom. The van der Waals surface area contributed by atoms with Crippen LogP contribution in [0.2, 0.25) is 0 Å². The fourth-order valence-electron chi connectivity index (χ4n) is 2.45. The predicted octanol–water partition coefficient (Wildman–Crippen LogP) is 0.552. The number of amidine groups is 1. The number of carbonyl (C=O) groups is 1. The van der Waals surface area contributed by atoms with Gasteiger partial charge >= 0.3 is 0 Å². The van der Waals surface area contributed by atoms with Gasteiger partial charge in [-0.05, 0) is 12.1 Å². The van der Waals surface area contributed by atoms with Gasteiger partial charge in [0.2, 0.25) is 0 Å². The molecule has 20 heavy (non-hydrogen) atoms. The van der Waals surface area contributed by atoms with Gasteiger partial charge in [-0.25, -0.2) is 4.98 Å². The molecule has 0 saturated heterocycles. The number of benzene rings is 1. The number of nitrogens with two attached hydrogens (primary N) is 1. The maximum Gasteiger partial charge on any atom is 0.269 e. The van der Waals surface area contributed by atoms with E-state index in [2.05, 4.69) is 10.1 Å². The number of nitrogens with zero attached hydrogens (tertiary/aromatic N) is 4. The molecule has 7 heteroatoms. The number of para-hydroxylation sites is 1. The monoisotopic (exact) mass is 271 g/mol. The first-order valence-electron chi connectivity index (χ1n) is 6.02. The van der Waals surface area contributed by atoms with Crippen molar-refractivity contribution in [1.29, 1.82) is 0 Å². The summed E-state index contributed by atoms with van der Waals surface area (Å²) in [6.07, 6.45) is 1.56. The molecule has 0 bridgehead atoms. The van der Waals surface area contributed by atoms with Crippen molar-refractivity contribution < 1.29 is 10.0 Å². The summed E-state index contributed by atoms with van der Waals surface area (Å²) >= 11 is 0. The topological polar surface area (TPSA) is 96.7 Å². The number of primary amides is 1. The van der Waals surface area contributed by atoms with Gasteiger partial charge in [0, 0.05) is 12.6 Å². The fourth-order valence-corrected chi connectivity index (χ4v) is 2.45. The van der Waals surface area contributed by atoms with Crippen LogP contribution in [0.1, 0.15) is 21.7 Å². The molecule has 1 aromatic heterocycles. The molecule has 0 unspecified atom stereocenters. The van der Waals surface area contributed by atoms with E-state index in [1.165, 1.54) is 0 Å². The van der Waals surface area contributed by atoms with Crippen LogP contribution in [0.5, 0.6) is 0 Å². The van der Waals surface area contributed by atoms with Crippen molar-refractivity contribution in [3.05, 3.63) is 47.5 Å². The summed E-state index contributed by atoms with van der Waals surface area (Å²) in [6, 6.07) is 7.44. The van der Waals surface area contributed by atoms with Gasteiger partial charge < -0.3 is 15.8 Å². The molecule has 0 radical (unpaired) electrons. The molecule has 1 aromatic carbocycles. The molecule has 2 aromatic rings. The molecular weight excluding hydrogens is 258 g/mol. The minimum absolute atomic E-state index is 0.228. The number of hydrogen-bond donors (Lipinski definition) is 2. The van der Waals surface area contributed by atoms with E-state index in [1.54, 1.807) is 22.8 Å². The van der Waals surface area contributed by atoms with Crippen LogP contribution in [0.15, 0.2) is 35.7 Å². The Labute approximate surface area is 114 Å². The lowest BCUT2D eigenvalue weighted by Gasteiger charge is -2.17. The molecular formula is C13H13N5O2. The van der Waals surface area contributed by atoms with Crippen molar-refractivity contribution in [3.63, 3.8) is 0 Å². The molecule has 0 spiro atoms. The van der Waals surface area contributed by atoms with Crippen LogP contribution in [-0.2, 0) is 6.54 Å². The number of carbonyl (C=O) groups excluding carboxylic acids is 1. The average Bonchev–Trinajstić information content (AvgIpc) is 2.79. The second-order valence-corrected chi connectivity index (χ2v) is 4.57. The predicted molar refractivity (Wildman–Crippen MR) is 71.9 cm³/mol. The molecule has 0 aliphatic carbocycles. The minimum atomic E-state index is -0.575. The van der Waals surface area contributed by atoms with Gasteiger partial charge in [0.1, 0.15) is 6.33 Å². The molecule has 102 valence electrons. The normalized spacial score (nSPS) is 15.7. The lowest BCUT2D eigenvalue weighted by molar-refractivity contribution is 0.0994. The van der Waals surface area contributed by atoms with Crippen LogP contribution in [-0.4, -0.2) is 38.4 Å². The van der Waals surface area contributed by atoms with E-state index in [9.17, 15) is 10.0 Å². The van der Waals surface area contributed by atoms with Crippen molar-refractivity contribution in [3.8, 4) is 5.69 Å². The molecule has 0 fully saturated rings. The molecule has 7 nitrogen and oxygen atoms in total. The molecule has 1 amide bonds. The van der Waals surface area contributed by atoms with E-state index < -0.39 is 5.91 Å². The molecule has 1 aliphatic rings. The van der Waals surface area contributed by atoms with E-state index in [-0.39, 0.29) is 5.69 Å². The lowest BCUT2D eigenvalue weighted by atomic mass is 10.1. The molecule has 2 heterocycles. The van der Waals surface area contributed by atoms with Crippen LogP contribution in [0.25, 0.3) is 5.69 Å². The molecule has 3 N–H and O–H groups in total. The van der Waals surface area contributed by atoms with E-state index in [1.807, 2.05) is 24.3 Å². The summed E-state index contributed by atoms with van der Waals surface area (Å²) in [5.74, 6) is -0.145. The zero-order valence-corrected chi connectivity index (χ0v) is 10.8. The second kappa shape index (κ2) is 4.37. The van der Waals surface area contributed by atoms with E-state index in [0.29, 0.717) is 18.1 Å². The zero-order chi connectivity index (χ0) is 14.3. The Bertz CT molecular complexity index is 719. The Morgan fingerprint density at radius 2 is 2.20 bits per heavy atom. The molecule has 0 saturated carbocycles. The maximum atomic E-state index is 11.5. The third-order valence-corrected chi connectivity index (χ3v) is 3.35. The Kier molecular flexibility index (Phi) is 2.67. The third-order valence-electron chi connectivity index (χ3n) is 3.35. The number of imidazole rings is 1. The van der Waals surface area contributed by atoms with E-state index in [4.69, 9.17) is 5.73 Å². The first-order valence-corrected chi connectivity index (χ1v) is 6.02. The smallest absolute Gasteiger partial charge is 0.269 e. The fraction of sp³-hybridized carbons (Fsp3) is 0.154. The first-order chi connectivity index (χ1) is 9.63. The number of aromatic nitrogens is 2. The number of rotatable bonds is 1. The van der Waals surface area contributed by atoms with Crippen LogP contribution in [0.3, 0.4) is 0 Å². The van der Waals surface area contributed by atoms with Gasteiger partial charge in [0.05, 0.1) is 17.9 Å². The quantitative estimate of drug-likeness (QED) is 0.584. The largest absolute Gasteiger partial charge is 0.409 e. The zero-order valence-electron chi connectivity index (χ0n) is 10.8. The van der Waals surface area contributed by atoms with Gasteiger partial charge in [0.25, 0.3) is 5.91 Å². The Morgan fingerprint density at radius 1 is 1.45 bits per heavy atom. The minimum Gasteiger partial charge on any atom is -0.409 e. The highest BCUT2D eigenvalue weighted by Crippen LogP contribution is 2.25. The van der Waals surface area contributed by atoms with Crippen LogP contribution in [0, 0.1) is 0 Å². The molecule has 1 aliphatic heterocycles. The van der Waals surface area contributed by atoms with Gasteiger partial charge in [-0.2, -0.15) is 0 Å². The van der Waals surface area contributed by atoms with Gasteiger partial charge in [0.15, 0.2) is 11.5 Å². The summed E-state index contributed by atoms with van der Waals surface area (Å²) < 4.78 is 1.80. The van der Waals surface area contributed by atoms with E-state index in [0.717, 1.165) is 11.3 Å².